The molecule has 1 aromatic heterocycles. The molecule has 1 N–H and O–H groups in total. The highest BCUT2D eigenvalue weighted by Crippen LogP contribution is 2.23. The molecule has 146 valence electrons. The molecule has 0 radical (unpaired) electrons. The van der Waals surface area contributed by atoms with Crippen molar-refractivity contribution in [1.29, 1.82) is 5.26 Å². The Hall–Kier alpha value is -4.37. The summed E-state index contributed by atoms with van der Waals surface area (Å²) in [7, 11) is 0. The highest BCUT2D eigenvalue weighted by molar-refractivity contribution is 6.04. The van der Waals surface area contributed by atoms with Gasteiger partial charge in [-0.2, -0.15) is 5.26 Å². The van der Waals surface area contributed by atoms with Crippen LogP contribution in [0.2, 0.25) is 0 Å². The van der Waals surface area contributed by atoms with E-state index in [0.717, 1.165) is 11.1 Å². The molecule has 0 atom stereocenters. The number of anilines is 1. The van der Waals surface area contributed by atoms with E-state index < -0.39 is 0 Å². The van der Waals surface area contributed by atoms with E-state index in [1.54, 1.807) is 42.6 Å². The highest BCUT2D eigenvalue weighted by atomic mass is 16.5. The molecule has 0 aliphatic rings. The maximum absolute atomic E-state index is 12.7. The second-order valence-electron chi connectivity index (χ2n) is 6.49. The summed E-state index contributed by atoms with van der Waals surface area (Å²) in [5.41, 5.74) is 3.28. The van der Waals surface area contributed by atoms with Crippen molar-refractivity contribution in [3.05, 3.63) is 102 Å². The van der Waals surface area contributed by atoms with Gasteiger partial charge in [-0.3, -0.25) is 4.79 Å². The molecule has 4 aromatic rings. The lowest BCUT2D eigenvalue weighted by molar-refractivity contribution is 0.102. The molecule has 30 heavy (non-hydrogen) atoms. The molecule has 0 unspecified atom stereocenters. The summed E-state index contributed by atoms with van der Waals surface area (Å²) in [6.07, 6.45) is 2.98. The smallest absolute Gasteiger partial charge is 0.255 e. The average molecular weight is 395 g/mol. The molecule has 0 spiro atoms. The third-order valence-electron chi connectivity index (χ3n) is 4.47. The van der Waals surface area contributed by atoms with Gasteiger partial charge in [-0.15, -0.1) is 0 Å². The topological polar surface area (TPSA) is 88.1 Å². The van der Waals surface area contributed by atoms with Crippen LogP contribution < -0.4 is 10.1 Å². The fourth-order valence-electron chi connectivity index (χ4n) is 2.96. The van der Waals surface area contributed by atoms with Crippen LogP contribution >= 0.6 is 0 Å². The van der Waals surface area contributed by atoms with Gasteiger partial charge in [0.25, 0.3) is 5.91 Å². The summed E-state index contributed by atoms with van der Waals surface area (Å²) in [6, 6.07) is 23.7. The molecule has 0 aliphatic carbocycles. The number of carbonyl (C=O) groups excluding carboxylic acids is 1. The number of ether oxygens (including phenoxy) is 1. The third-order valence-corrected chi connectivity index (χ3v) is 4.47. The maximum atomic E-state index is 12.7. The van der Waals surface area contributed by atoms with Crippen molar-refractivity contribution in [3.8, 4) is 23.1 Å². The number of nitrogens with one attached hydrogen (secondary N) is 1. The van der Waals surface area contributed by atoms with Crippen molar-refractivity contribution in [2.75, 3.05) is 5.32 Å². The van der Waals surface area contributed by atoms with Gasteiger partial charge < -0.3 is 14.5 Å². The molecule has 0 aliphatic heterocycles. The Kier molecular flexibility index (Phi) is 5.54. The molecular formula is C24H17N3O3. The minimum absolute atomic E-state index is 0.244. The van der Waals surface area contributed by atoms with Crippen molar-refractivity contribution in [1.82, 2.24) is 4.98 Å². The molecule has 0 bridgehead atoms. The van der Waals surface area contributed by atoms with Crippen LogP contribution in [-0.2, 0) is 6.61 Å². The zero-order chi connectivity index (χ0) is 20.8. The Bertz CT molecular complexity index is 1210. The average Bonchev–Trinajstić information content (AvgIpc) is 3.33. The van der Waals surface area contributed by atoms with Crippen molar-refractivity contribution in [3.63, 3.8) is 0 Å². The molecule has 6 nitrogen and oxygen atoms in total. The van der Waals surface area contributed by atoms with Crippen LogP contribution in [-0.4, -0.2) is 10.9 Å². The molecule has 6 heteroatoms. The number of benzene rings is 3. The van der Waals surface area contributed by atoms with Gasteiger partial charge in [-0.1, -0.05) is 36.4 Å². The van der Waals surface area contributed by atoms with E-state index >= 15 is 0 Å². The molecular weight excluding hydrogens is 378 g/mol. The van der Waals surface area contributed by atoms with Gasteiger partial charge in [0.1, 0.15) is 12.4 Å². The summed E-state index contributed by atoms with van der Waals surface area (Å²) in [4.78, 5) is 16.6. The van der Waals surface area contributed by atoms with Gasteiger partial charge in [0.05, 0.1) is 17.8 Å². The van der Waals surface area contributed by atoms with Crippen LogP contribution in [0.3, 0.4) is 0 Å². The number of aromatic nitrogens is 1. The highest BCUT2D eigenvalue weighted by Gasteiger charge is 2.10. The monoisotopic (exact) mass is 395 g/mol. The Morgan fingerprint density at radius 2 is 1.93 bits per heavy atom. The number of nitriles is 1. The van der Waals surface area contributed by atoms with Crippen LogP contribution in [0.15, 0.2) is 89.8 Å². The van der Waals surface area contributed by atoms with Crippen LogP contribution in [0, 0.1) is 11.3 Å². The number of nitrogens with zero attached hydrogens (tertiary/aromatic N) is 2. The fraction of sp³-hybridized carbons (Fsp3) is 0.0417. The maximum Gasteiger partial charge on any atom is 0.255 e. The lowest BCUT2D eigenvalue weighted by Gasteiger charge is -2.10. The molecule has 0 saturated heterocycles. The van der Waals surface area contributed by atoms with Crippen LogP contribution in [0.1, 0.15) is 21.5 Å². The minimum atomic E-state index is -0.257. The predicted molar refractivity (Wildman–Crippen MR) is 112 cm³/mol. The second kappa shape index (κ2) is 8.76. The first-order chi connectivity index (χ1) is 14.7. The number of amides is 1. The first-order valence-electron chi connectivity index (χ1n) is 9.24. The normalized spacial score (nSPS) is 10.2. The Balaban J connectivity index is 1.45. The van der Waals surface area contributed by atoms with Crippen molar-refractivity contribution >= 4 is 11.6 Å². The Morgan fingerprint density at radius 3 is 2.77 bits per heavy atom. The fourth-order valence-corrected chi connectivity index (χ4v) is 2.96. The molecule has 0 saturated carbocycles. The van der Waals surface area contributed by atoms with E-state index in [4.69, 9.17) is 9.15 Å². The van der Waals surface area contributed by atoms with E-state index in [9.17, 15) is 10.1 Å². The van der Waals surface area contributed by atoms with Crippen LogP contribution in [0.4, 0.5) is 5.69 Å². The Labute approximate surface area is 173 Å². The minimum Gasteiger partial charge on any atom is -0.489 e. The van der Waals surface area contributed by atoms with Crippen LogP contribution in [0.25, 0.3) is 11.3 Å². The molecule has 4 rings (SSSR count). The van der Waals surface area contributed by atoms with E-state index in [0.29, 0.717) is 28.3 Å². The predicted octanol–water partition coefficient (Wildman–Crippen LogP) is 5.04. The van der Waals surface area contributed by atoms with Crippen molar-refractivity contribution in [2.45, 2.75) is 6.61 Å². The van der Waals surface area contributed by atoms with E-state index in [-0.39, 0.29) is 12.5 Å². The lowest BCUT2D eigenvalue weighted by Crippen LogP contribution is -2.12. The first-order valence-corrected chi connectivity index (χ1v) is 9.24. The quantitative estimate of drug-likeness (QED) is 0.494. The molecule has 1 heterocycles. The first kappa shape index (κ1) is 19.0. The van der Waals surface area contributed by atoms with E-state index in [1.165, 1.54) is 6.39 Å². The summed E-state index contributed by atoms with van der Waals surface area (Å²) in [5, 5.41) is 12.1. The lowest BCUT2D eigenvalue weighted by atomic mass is 10.1. The van der Waals surface area contributed by atoms with Crippen molar-refractivity contribution < 1.29 is 13.9 Å². The number of hydrogen-bond acceptors (Lipinski definition) is 5. The second-order valence-corrected chi connectivity index (χ2v) is 6.49. The summed E-state index contributed by atoms with van der Waals surface area (Å²) in [6.45, 7) is 0.244. The number of carbonyl (C=O) groups is 1. The zero-order valence-electron chi connectivity index (χ0n) is 15.9. The molecule has 3 aromatic carbocycles. The number of rotatable bonds is 6. The van der Waals surface area contributed by atoms with Crippen molar-refractivity contribution in [2.24, 2.45) is 0 Å². The van der Waals surface area contributed by atoms with Gasteiger partial charge in [0.2, 0.25) is 0 Å². The van der Waals surface area contributed by atoms with Gasteiger partial charge in [0, 0.05) is 22.4 Å². The molecule has 0 fully saturated rings. The third kappa shape index (κ3) is 4.37. The summed E-state index contributed by atoms with van der Waals surface area (Å²) >= 11 is 0. The van der Waals surface area contributed by atoms with Gasteiger partial charge in [-0.05, 0) is 36.4 Å². The van der Waals surface area contributed by atoms with Gasteiger partial charge in [-0.25, -0.2) is 4.98 Å². The zero-order valence-corrected chi connectivity index (χ0v) is 15.9. The standard InChI is InChI=1S/C24H17N3O3/c25-13-19-5-1-2-6-20(19)15-29-22-10-4-8-18(12-22)24(28)27-21-9-3-7-17(11-21)23-14-26-16-30-23/h1-12,14,16H,15H2,(H,27,28). The summed E-state index contributed by atoms with van der Waals surface area (Å²) in [5.74, 6) is 0.914. The largest absolute Gasteiger partial charge is 0.489 e. The molecule has 1 amide bonds. The number of oxazole rings is 1. The Morgan fingerprint density at radius 1 is 1.07 bits per heavy atom. The SMILES string of the molecule is N#Cc1ccccc1COc1cccc(C(=O)Nc2cccc(-c3cnco3)c2)c1. The van der Waals surface area contributed by atoms with E-state index in [2.05, 4.69) is 16.4 Å². The van der Waals surface area contributed by atoms with Gasteiger partial charge in [0.15, 0.2) is 12.2 Å². The van der Waals surface area contributed by atoms with E-state index in [1.807, 2.05) is 36.4 Å². The summed E-state index contributed by atoms with van der Waals surface area (Å²) < 4.78 is 11.1. The van der Waals surface area contributed by atoms with Gasteiger partial charge >= 0.3 is 0 Å². The number of hydrogen-bond donors (Lipinski definition) is 1. The van der Waals surface area contributed by atoms with Crippen LogP contribution in [0.5, 0.6) is 5.75 Å².